The van der Waals surface area contributed by atoms with Crippen LogP contribution in [0, 0.1) is 12.8 Å². The van der Waals surface area contributed by atoms with Crippen molar-refractivity contribution in [3.63, 3.8) is 0 Å². The third-order valence-corrected chi connectivity index (χ3v) is 2.56. The van der Waals surface area contributed by atoms with Gasteiger partial charge in [-0.25, -0.2) is 0 Å². The fourth-order valence-electron chi connectivity index (χ4n) is 1.81. The van der Waals surface area contributed by atoms with Gasteiger partial charge in [0.1, 0.15) is 5.75 Å². The highest BCUT2D eigenvalue weighted by molar-refractivity contribution is 5.44. The number of aryl methyl sites for hydroxylation is 1. The molecule has 0 bridgehead atoms. The van der Waals surface area contributed by atoms with Gasteiger partial charge in [-0.15, -0.1) is 0 Å². The number of hydrogen-bond donors (Lipinski definition) is 3. The minimum atomic E-state index is -0.232. The van der Waals surface area contributed by atoms with Crippen LogP contribution < -0.4 is 0 Å². The molecule has 0 amide bonds. The summed E-state index contributed by atoms with van der Waals surface area (Å²) < 4.78 is 0. The lowest BCUT2D eigenvalue weighted by Crippen LogP contribution is -2.08. The quantitative estimate of drug-likeness (QED) is 0.721. The van der Waals surface area contributed by atoms with Crippen LogP contribution >= 0.6 is 0 Å². The zero-order valence-corrected chi connectivity index (χ0v) is 9.99. The van der Waals surface area contributed by atoms with E-state index in [4.69, 9.17) is 0 Å². The Balaban J connectivity index is 3.34. The molecule has 0 atom stereocenters. The molecule has 4 heteroatoms. The molecule has 0 spiro atoms. The smallest absolute Gasteiger partial charge is 0.142 e. The second-order valence-electron chi connectivity index (χ2n) is 4.36. The number of aliphatic hydroxyl groups excluding tert-OH is 2. The average Bonchev–Trinajstić information content (AvgIpc) is 2.23. The van der Waals surface area contributed by atoms with Gasteiger partial charge in [0.15, 0.2) is 0 Å². The summed E-state index contributed by atoms with van der Waals surface area (Å²) in [5, 5.41) is 28.3. The van der Waals surface area contributed by atoms with Crippen molar-refractivity contribution in [1.82, 2.24) is 4.98 Å². The Morgan fingerprint density at radius 1 is 1.12 bits per heavy atom. The summed E-state index contributed by atoms with van der Waals surface area (Å²) in [6, 6.07) is 0. The normalized spacial score (nSPS) is 11.1. The highest BCUT2D eigenvalue weighted by Gasteiger charge is 2.17. The highest BCUT2D eigenvalue weighted by atomic mass is 16.3. The van der Waals surface area contributed by atoms with E-state index in [1.165, 1.54) is 0 Å². The maximum atomic E-state index is 9.81. The summed E-state index contributed by atoms with van der Waals surface area (Å²) in [5.74, 6) is 0.412. The molecule has 1 heterocycles. The Bertz CT molecular complexity index is 375. The third-order valence-electron chi connectivity index (χ3n) is 2.56. The number of aromatic hydroxyl groups is 1. The van der Waals surface area contributed by atoms with E-state index in [0.717, 1.165) is 5.56 Å². The molecule has 0 saturated carbocycles. The molecule has 0 unspecified atom stereocenters. The molecule has 3 N–H and O–H groups in total. The largest absolute Gasteiger partial charge is 0.506 e. The second kappa shape index (κ2) is 5.27. The van der Waals surface area contributed by atoms with E-state index in [1.54, 1.807) is 6.92 Å². The summed E-state index contributed by atoms with van der Waals surface area (Å²) in [4.78, 5) is 4.14. The molecular formula is C12H19NO3. The predicted octanol–water partition coefficient (Wildman–Crippen LogP) is 1.28. The van der Waals surface area contributed by atoms with E-state index >= 15 is 0 Å². The minimum Gasteiger partial charge on any atom is -0.506 e. The highest BCUT2D eigenvalue weighted by Crippen LogP contribution is 2.28. The molecule has 0 radical (unpaired) electrons. The van der Waals surface area contributed by atoms with Crippen molar-refractivity contribution in [1.29, 1.82) is 0 Å². The van der Waals surface area contributed by atoms with Gasteiger partial charge < -0.3 is 15.3 Å². The first kappa shape index (κ1) is 12.9. The fourth-order valence-corrected chi connectivity index (χ4v) is 1.81. The van der Waals surface area contributed by atoms with E-state index in [-0.39, 0.29) is 19.0 Å². The van der Waals surface area contributed by atoms with Gasteiger partial charge in [0.2, 0.25) is 0 Å². The van der Waals surface area contributed by atoms with Gasteiger partial charge in [-0.3, -0.25) is 4.98 Å². The van der Waals surface area contributed by atoms with Gasteiger partial charge in [-0.1, -0.05) is 13.8 Å². The van der Waals surface area contributed by atoms with Gasteiger partial charge >= 0.3 is 0 Å². The van der Waals surface area contributed by atoms with E-state index in [2.05, 4.69) is 4.98 Å². The van der Waals surface area contributed by atoms with E-state index in [9.17, 15) is 15.3 Å². The zero-order chi connectivity index (χ0) is 12.3. The minimum absolute atomic E-state index is 0.0374. The molecule has 1 aromatic heterocycles. The van der Waals surface area contributed by atoms with Crippen LogP contribution in [0.25, 0.3) is 0 Å². The van der Waals surface area contributed by atoms with Gasteiger partial charge in [-0.05, 0) is 24.8 Å². The van der Waals surface area contributed by atoms with Crippen LogP contribution in [0.1, 0.15) is 36.4 Å². The summed E-state index contributed by atoms with van der Waals surface area (Å²) in [6.07, 6.45) is 0.687. The van der Waals surface area contributed by atoms with Crippen LogP contribution in [-0.4, -0.2) is 20.3 Å². The lowest BCUT2D eigenvalue weighted by molar-refractivity contribution is 0.263. The molecule has 0 saturated heterocycles. The van der Waals surface area contributed by atoms with Gasteiger partial charge in [0.25, 0.3) is 0 Å². The molecule has 0 aliphatic heterocycles. The van der Waals surface area contributed by atoms with Gasteiger partial charge in [0.05, 0.1) is 24.6 Å². The number of pyridine rings is 1. The Kier molecular flexibility index (Phi) is 4.26. The molecule has 1 rings (SSSR count). The Morgan fingerprint density at radius 2 is 1.75 bits per heavy atom. The van der Waals surface area contributed by atoms with Gasteiger partial charge in [0, 0.05) is 5.56 Å². The van der Waals surface area contributed by atoms with Crippen molar-refractivity contribution in [2.75, 3.05) is 0 Å². The Hall–Kier alpha value is -1.13. The van der Waals surface area contributed by atoms with Gasteiger partial charge in [-0.2, -0.15) is 0 Å². The lowest BCUT2D eigenvalue weighted by Gasteiger charge is -2.16. The van der Waals surface area contributed by atoms with Crippen molar-refractivity contribution in [3.05, 3.63) is 22.5 Å². The summed E-state index contributed by atoms with van der Waals surface area (Å²) >= 11 is 0. The lowest BCUT2D eigenvalue weighted by atomic mass is 9.95. The van der Waals surface area contributed by atoms with Crippen LogP contribution in [0.4, 0.5) is 0 Å². The standard InChI is InChI=1S/C12H19NO3/c1-7(2)4-9-10(5-14)12(16)8(3)13-11(9)6-15/h7,14-16H,4-6H2,1-3H3. The molecule has 0 aromatic carbocycles. The summed E-state index contributed by atoms with van der Waals surface area (Å²) in [6.45, 7) is 5.34. The predicted molar refractivity (Wildman–Crippen MR) is 61.0 cm³/mol. The van der Waals surface area contributed by atoms with Crippen molar-refractivity contribution >= 4 is 0 Å². The zero-order valence-electron chi connectivity index (χ0n) is 9.99. The summed E-state index contributed by atoms with van der Waals surface area (Å²) in [5.41, 5.74) is 2.25. The van der Waals surface area contributed by atoms with Crippen molar-refractivity contribution in [2.45, 2.75) is 40.4 Å². The first-order valence-corrected chi connectivity index (χ1v) is 5.43. The number of aliphatic hydroxyl groups is 2. The molecule has 16 heavy (non-hydrogen) atoms. The molecular weight excluding hydrogens is 206 g/mol. The van der Waals surface area contributed by atoms with Crippen LogP contribution in [0.5, 0.6) is 5.75 Å². The van der Waals surface area contributed by atoms with Crippen molar-refractivity contribution < 1.29 is 15.3 Å². The molecule has 1 aromatic rings. The fraction of sp³-hybridized carbons (Fsp3) is 0.583. The van der Waals surface area contributed by atoms with Crippen molar-refractivity contribution in [3.8, 4) is 5.75 Å². The van der Waals surface area contributed by atoms with E-state index in [0.29, 0.717) is 29.3 Å². The van der Waals surface area contributed by atoms with E-state index in [1.807, 2.05) is 13.8 Å². The Morgan fingerprint density at radius 3 is 2.19 bits per heavy atom. The number of rotatable bonds is 4. The van der Waals surface area contributed by atoms with Crippen LogP contribution in [0.3, 0.4) is 0 Å². The number of hydrogen-bond acceptors (Lipinski definition) is 4. The second-order valence-corrected chi connectivity index (χ2v) is 4.36. The van der Waals surface area contributed by atoms with Crippen LogP contribution in [-0.2, 0) is 19.6 Å². The van der Waals surface area contributed by atoms with Crippen molar-refractivity contribution in [2.24, 2.45) is 5.92 Å². The Labute approximate surface area is 95.6 Å². The summed E-state index contributed by atoms with van der Waals surface area (Å²) in [7, 11) is 0. The molecule has 0 aliphatic rings. The molecule has 0 fully saturated rings. The number of aromatic nitrogens is 1. The monoisotopic (exact) mass is 225 g/mol. The number of nitrogens with zero attached hydrogens (tertiary/aromatic N) is 1. The molecule has 4 nitrogen and oxygen atoms in total. The van der Waals surface area contributed by atoms with E-state index < -0.39 is 0 Å². The maximum Gasteiger partial charge on any atom is 0.142 e. The van der Waals surface area contributed by atoms with Crippen LogP contribution in [0.2, 0.25) is 0 Å². The topological polar surface area (TPSA) is 73.6 Å². The molecule has 0 aliphatic carbocycles. The first-order valence-electron chi connectivity index (χ1n) is 5.43. The maximum absolute atomic E-state index is 9.81. The SMILES string of the molecule is Cc1nc(CO)c(CC(C)C)c(CO)c1O. The average molecular weight is 225 g/mol. The third kappa shape index (κ3) is 2.51. The molecule has 90 valence electrons. The van der Waals surface area contributed by atoms with Crippen LogP contribution in [0.15, 0.2) is 0 Å². The first-order chi connectivity index (χ1) is 7.51.